The van der Waals surface area contributed by atoms with E-state index in [2.05, 4.69) is 0 Å². The lowest BCUT2D eigenvalue weighted by atomic mass is 9.81. The van der Waals surface area contributed by atoms with E-state index >= 15 is 0 Å². The number of rotatable bonds is 3. The number of carbonyl (C=O) groups excluding carboxylic acids is 1. The number of benzene rings is 1. The van der Waals surface area contributed by atoms with E-state index in [4.69, 9.17) is 4.42 Å². The van der Waals surface area contributed by atoms with E-state index in [1.54, 1.807) is 23.5 Å². The van der Waals surface area contributed by atoms with Gasteiger partial charge in [-0.05, 0) is 37.6 Å². The summed E-state index contributed by atoms with van der Waals surface area (Å²) in [5.41, 5.74) is -6.57. The lowest BCUT2D eigenvalue weighted by molar-refractivity contribution is -0.154. The van der Waals surface area contributed by atoms with Gasteiger partial charge in [0.1, 0.15) is 5.76 Å². The molecule has 1 aliphatic carbocycles. The maximum absolute atomic E-state index is 13.5. The standard InChI is InChI=1S/C21H14F9NO2/c1-18(5-3-2-4-6-18)15-10-14(16(33-15)21(28,29)30)17(32)31-13-8-11(19(22,23)24)7-12(9-13)20(25,26)27/h2-5,7-10H,6H2,1H3,(H,31,32). The summed E-state index contributed by atoms with van der Waals surface area (Å²) in [7, 11) is 0. The second-order valence-corrected chi connectivity index (χ2v) is 7.51. The molecule has 1 N–H and O–H groups in total. The van der Waals surface area contributed by atoms with Crippen molar-refractivity contribution < 1.29 is 48.7 Å². The monoisotopic (exact) mass is 483 g/mol. The van der Waals surface area contributed by atoms with Crippen LogP contribution in [0, 0.1) is 0 Å². The minimum Gasteiger partial charge on any atom is -0.455 e. The molecule has 1 aromatic carbocycles. The molecule has 3 rings (SSSR count). The number of anilines is 1. The summed E-state index contributed by atoms with van der Waals surface area (Å²) >= 11 is 0. The molecule has 3 nitrogen and oxygen atoms in total. The summed E-state index contributed by atoms with van der Waals surface area (Å²) in [6, 6.07) is 0.991. The first-order valence-electron chi connectivity index (χ1n) is 9.17. The molecule has 0 saturated heterocycles. The van der Waals surface area contributed by atoms with Crippen molar-refractivity contribution in [1.29, 1.82) is 0 Å². The molecule has 178 valence electrons. The van der Waals surface area contributed by atoms with Crippen molar-refractivity contribution in [3.05, 3.63) is 76.8 Å². The Kier molecular flexibility index (Phi) is 5.93. The number of hydrogen-bond donors (Lipinski definition) is 1. The van der Waals surface area contributed by atoms with E-state index in [0.717, 1.165) is 6.07 Å². The van der Waals surface area contributed by atoms with Gasteiger partial charge >= 0.3 is 18.5 Å². The van der Waals surface area contributed by atoms with Crippen LogP contribution in [-0.2, 0) is 23.9 Å². The third-order valence-electron chi connectivity index (χ3n) is 4.90. The number of halogens is 9. The Labute approximate surface area is 180 Å². The number of amides is 1. The van der Waals surface area contributed by atoms with Gasteiger partial charge in [0, 0.05) is 11.1 Å². The van der Waals surface area contributed by atoms with Crippen LogP contribution in [0.1, 0.15) is 46.3 Å². The van der Waals surface area contributed by atoms with E-state index in [-0.39, 0.29) is 30.4 Å². The Hall–Kier alpha value is -3.18. The zero-order valence-electron chi connectivity index (χ0n) is 16.5. The molecule has 2 aromatic rings. The highest BCUT2D eigenvalue weighted by molar-refractivity contribution is 6.05. The van der Waals surface area contributed by atoms with Gasteiger partial charge in [0.05, 0.1) is 16.7 Å². The van der Waals surface area contributed by atoms with Gasteiger partial charge in [-0.3, -0.25) is 4.79 Å². The fourth-order valence-electron chi connectivity index (χ4n) is 3.19. The fraction of sp³-hybridized carbons (Fsp3) is 0.286. The maximum Gasteiger partial charge on any atom is 0.450 e. The molecule has 12 heteroatoms. The molecule has 0 bridgehead atoms. The number of hydrogen-bond acceptors (Lipinski definition) is 2. The summed E-state index contributed by atoms with van der Waals surface area (Å²) < 4.78 is 123. The summed E-state index contributed by atoms with van der Waals surface area (Å²) in [6.45, 7) is 1.54. The lowest BCUT2D eigenvalue weighted by Gasteiger charge is -2.23. The number of carbonyl (C=O) groups is 1. The second kappa shape index (κ2) is 7.99. The minimum absolute atomic E-state index is 0.170. The summed E-state index contributed by atoms with van der Waals surface area (Å²) in [4.78, 5) is 12.5. The highest BCUT2D eigenvalue weighted by Gasteiger charge is 2.43. The molecule has 33 heavy (non-hydrogen) atoms. The van der Waals surface area contributed by atoms with Crippen LogP contribution in [0.4, 0.5) is 45.2 Å². The van der Waals surface area contributed by atoms with E-state index in [9.17, 15) is 44.3 Å². The summed E-state index contributed by atoms with van der Waals surface area (Å²) in [6.07, 6.45) is -8.92. The SMILES string of the molecule is CC1(c2cc(C(=O)Nc3cc(C(F)(F)F)cc(C(F)(F)F)c3)c(C(F)(F)F)o2)C=CC=CC1. The number of nitrogens with one attached hydrogen (secondary N) is 1. The molecule has 0 aliphatic heterocycles. The van der Waals surface area contributed by atoms with Gasteiger partial charge in [0.25, 0.3) is 5.91 Å². The quantitative estimate of drug-likeness (QED) is 0.464. The molecule has 1 aliphatic rings. The largest absolute Gasteiger partial charge is 0.455 e. The fourth-order valence-corrected chi connectivity index (χ4v) is 3.19. The Morgan fingerprint density at radius 1 is 0.879 bits per heavy atom. The van der Waals surface area contributed by atoms with Crippen molar-refractivity contribution in [2.75, 3.05) is 5.32 Å². The van der Waals surface area contributed by atoms with E-state index in [0.29, 0.717) is 0 Å². The highest BCUT2D eigenvalue weighted by atomic mass is 19.4. The van der Waals surface area contributed by atoms with Crippen LogP contribution >= 0.6 is 0 Å². The van der Waals surface area contributed by atoms with Gasteiger partial charge in [-0.15, -0.1) is 0 Å². The van der Waals surface area contributed by atoms with Crippen molar-refractivity contribution >= 4 is 11.6 Å². The van der Waals surface area contributed by atoms with Crippen molar-refractivity contribution in [3.8, 4) is 0 Å². The van der Waals surface area contributed by atoms with Crippen LogP contribution in [-0.4, -0.2) is 5.91 Å². The zero-order chi connectivity index (χ0) is 24.8. The Bertz CT molecular complexity index is 1090. The third kappa shape index (κ3) is 5.25. The van der Waals surface area contributed by atoms with E-state index in [1.165, 1.54) is 13.0 Å². The average molecular weight is 483 g/mol. The van der Waals surface area contributed by atoms with Crippen molar-refractivity contribution in [2.24, 2.45) is 0 Å². The van der Waals surface area contributed by atoms with Crippen molar-refractivity contribution in [2.45, 2.75) is 37.3 Å². The predicted octanol–water partition coefficient (Wildman–Crippen LogP) is 7.36. The summed E-state index contributed by atoms with van der Waals surface area (Å²) in [5, 5.41) is 1.69. The molecule has 1 unspecified atom stereocenters. The smallest absolute Gasteiger partial charge is 0.450 e. The first-order chi connectivity index (χ1) is 15.0. The van der Waals surface area contributed by atoms with Crippen LogP contribution in [0.15, 0.2) is 53.0 Å². The van der Waals surface area contributed by atoms with Crippen LogP contribution < -0.4 is 5.32 Å². The Balaban J connectivity index is 2.04. The number of allylic oxidation sites excluding steroid dienone is 4. The average Bonchev–Trinajstić information content (AvgIpc) is 3.14. The molecule has 0 saturated carbocycles. The summed E-state index contributed by atoms with van der Waals surface area (Å²) in [5.74, 6) is -3.55. The third-order valence-corrected chi connectivity index (χ3v) is 4.90. The van der Waals surface area contributed by atoms with Gasteiger partial charge in [0.2, 0.25) is 5.76 Å². The van der Waals surface area contributed by atoms with Crippen LogP contribution in [0.3, 0.4) is 0 Å². The molecule has 1 heterocycles. The normalized spacial score (nSPS) is 19.1. The first kappa shape index (κ1) is 24.5. The second-order valence-electron chi connectivity index (χ2n) is 7.51. The molecule has 0 fully saturated rings. The van der Waals surface area contributed by atoms with Gasteiger partial charge in [0.15, 0.2) is 0 Å². The molecule has 0 radical (unpaired) electrons. The molecular formula is C21H14F9NO2. The van der Waals surface area contributed by atoms with Crippen molar-refractivity contribution in [3.63, 3.8) is 0 Å². The van der Waals surface area contributed by atoms with Crippen LogP contribution in [0.5, 0.6) is 0 Å². The lowest BCUT2D eigenvalue weighted by Crippen LogP contribution is -2.19. The number of alkyl halides is 9. The molecule has 1 aromatic heterocycles. The number of furan rings is 1. The Morgan fingerprint density at radius 2 is 1.45 bits per heavy atom. The van der Waals surface area contributed by atoms with Gasteiger partial charge < -0.3 is 9.73 Å². The minimum atomic E-state index is -5.20. The van der Waals surface area contributed by atoms with Crippen molar-refractivity contribution in [1.82, 2.24) is 0 Å². The van der Waals surface area contributed by atoms with Gasteiger partial charge in [-0.25, -0.2) is 0 Å². The molecule has 1 amide bonds. The van der Waals surface area contributed by atoms with Gasteiger partial charge in [-0.2, -0.15) is 39.5 Å². The molecule has 0 spiro atoms. The van der Waals surface area contributed by atoms with E-state index in [1.807, 2.05) is 0 Å². The van der Waals surface area contributed by atoms with Crippen LogP contribution in [0.25, 0.3) is 0 Å². The van der Waals surface area contributed by atoms with Gasteiger partial charge in [-0.1, -0.05) is 24.3 Å². The van der Waals surface area contributed by atoms with Crippen LogP contribution in [0.2, 0.25) is 0 Å². The molecular weight excluding hydrogens is 469 g/mol. The topological polar surface area (TPSA) is 42.2 Å². The zero-order valence-corrected chi connectivity index (χ0v) is 16.5. The Morgan fingerprint density at radius 3 is 1.91 bits per heavy atom. The molecule has 1 atom stereocenters. The first-order valence-corrected chi connectivity index (χ1v) is 9.17. The predicted molar refractivity (Wildman–Crippen MR) is 98.4 cm³/mol. The van der Waals surface area contributed by atoms with E-state index < -0.39 is 58.0 Å². The highest BCUT2D eigenvalue weighted by Crippen LogP contribution is 2.41. The maximum atomic E-state index is 13.5.